The summed E-state index contributed by atoms with van der Waals surface area (Å²) in [5.41, 5.74) is 0.433. The highest BCUT2D eigenvalue weighted by atomic mass is 16.6. The lowest BCUT2D eigenvalue weighted by molar-refractivity contribution is -0.385. The van der Waals surface area contributed by atoms with E-state index in [0.717, 1.165) is 0 Å². The fourth-order valence-corrected chi connectivity index (χ4v) is 0.983. The molecule has 0 fully saturated rings. The molecular weight excluding hydrogens is 170 g/mol. The number of allylic oxidation sites excluding steroid dienone is 1. The minimum atomic E-state index is -0.609. The lowest BCUT2D eigenvalue weighted by Gasteiger charge is -1.96. The van der Waals surface area contributed by atoms with Crippen molar-refractivity contribution in [1.82, 2.24) is 0 Å². The molecule has 0 unspecified atom stereocenters. The van der Waals surface area contributed by atoms with E-state index in [1.807, 2.05) is 6.92 Å². The molecule has 4 heteroatoms. The van der Waals surface area contributed by atoms with Gasteiger partial charge in [0.15, 0.2) is 5.75 Å². The van der Waals surface area contributed by atoms with Crippen LogP contribution in [0.2, 0.25) is 0 Å². The zero-order valence-corrected chi connectivity index (χ0v) is 7.10. The van der Waals surface area contributed by atoms with Crippen LogP contribution in [0.4, 0.5) is 5.69 Å². The van der Waals surface area contributed by atoms with Gasteiger partial charge in [0, 0.05) is 6.07 Å². The molecule has 1 aromatic rings. The lowest BCUT2D eigenvalue weighted by atomic mass is 10.2. The van der Waals surface area contributed by atoms with Crippen LogP contribution in [-0.4, -0.2) is 10.0 Å². The van der Waals surface area contributed by atoms with E-state index >= 15 is 0 Å². The Labute approximate surface area is 75.3 Å². The van der Waals surface area contributed by atoms with E-state index in [4.69, 9.17) is 5.11 Å². The Bertz CT molecular complexity index is 358. The van der Waals surface area contributed by atoms with Gasteiger partial charge < -0.3 is 5.11 Å². The molecule has 0 heterocycles. The van der Waals surface area contributed by atoms with Gasteiger partial charge in [-0.2, -0.15) is 0 Å². The highest BCUT2D eigenvalue weighted by molar-refractivity contribution is 5.57. The summed E-state index contributed by atoms with van der Waals surface area (Å²) in [6, 6.07) is 4.26. The average molecular weight is 179 g/mol. The number of aromatic hydroxyl groups is 1. The van der Waals surface area contributed by atoms with Gasteiger partial charge in [-0.3, -0.25) is 10.1 Å². The van der Waals surface area contributed by atoms with Crippen LogP contribution in [0.15, 0.2) is 24.3 Å². The summed E-state index contributed by atoms with van der Waals surface area (Å²) >= 11 is 0. The summed E-state index contributed by atoms with van der Waals surface area (Å²) in [4.78, 5) is 9.79. The second-order valence-corrected chi connectivity index (χ2v) is 2.51. The van der Waals surface area contributed by atoms with Crippen LogP contribution in [0.25, 0.3) is 6.08 Å². The van der Waals surface area contributed by atoms with E-state index in [2.05, 4.69) is 0 Å². The van der Waals surface area contributed by atoms with Crippen molar-refractivity contribution < 1.29 is 10.0 Å². The Hall–Kier alpha value is -1.84. The first-order valence-corrected chi connectivity index (χ1v) is 3.75. The van der Waals surface area contributed by atoms with Gasteiger partial charge in [-0.1, -0.05) is 18.2 Å². The second-order valence-electron chi connectivity index (χ2n) is 2.51. The number of nitro groups is 1. The van der Waals surface area contributed by atoms with Gasteiger partial charge in [0.2, 0.25) is 0 Å². The predicted molar refractivity (Wildman–Crippen MR) is 49.5 cm³/mol. The number of nitro benzene ring substituents is 1. The third-order valence-corrected chi connectivity index (χ3v) is 1.56. The van der Waals surface area contributed by atoms with Crippen molar-refractivity contribution in [3.05, 3.63) is 40.0 Å². The van der Waals surface area contributed by atoms with Crippen LogP contribution in [0.1, 0.15) is 12.5 Å². The fourth-order valence-electron chi connectivity index (χ4n) is 0.983. The summed E-state index contributed by atoms with van der Waals surface area (Å²) in [6.45, 7) is 1.82. The molecule has 68 valence electrons. The van der Waals surface area contributed by atoms with Gasteiger partial charge in [0.25, 0.3) is 0 Å². The largest absolute Gasteiger partial charge is 0.502 e. The van der Waals surface area contributed by atoms with Crippen LogP contribution in [0.5, 0.6) is 5.75 Å². The van der Waals surface area contributed by atoms with Gasteiger partial charge in [-0.25, -0.2) is 0 Å². The van der Waals surface area contributed by atoms with Crippen molar-refractivity contribution in [3.8, 4) is 5.75 Å². The minimum Gasteiger partial charge on any atom is -0.502 e. The van der Waals surface area contributed by atoms with E-state index in [1.165, 1.54) is 12.1 Å². The Morgan fingerprint density at radius 2 is 2.23 bits per heavy atom. The van der Waals surface area contributed by atoms with Gasteiger partial charge in [-0.15, -0.1) is 0 Å². The van der Waals surface area contributed by atoms with E-state index in [1.54, 1.807) is 18.2 Å². The number of phenols is 1. The topological polar surface area (TPSA) is 63.4 Å². The molecule has 0 aliphatic heterocycles. The van der Waals surface area contributed by atoms with Gasteiger partial charge in [0.05, 0.1) is 4.92 Å². The van der Waals surface area contributed by atoms with Crippen molar-refractivity contribution in [3.63, 3.8) is 0 Å². The molecule has 0 aliphatic rings. The molecule has 0 radical (unpaired) electrons. The van der Waals surface area contributed by atoms with Gasteiger partial charge in [-0.05, 0) is 18.6 Å². The molecule has 0 saturated heterocycles. The molecule has 1 N–H and O–H groups in total. The fraction of sp³-hybridized carbons (Fsp3) is 0.111. The molecule has 4 nitrogen and oxygen atoms in total. The maximum absolute atomic E-state index is 10.4. The van der Waals surface area contributed by atoms with Crippen molar-refractivity contribution in [2.45, 2.75) is 6.92 Å². The first-order valence-electron chi connectivity index (χ1n) is 3.75. The van der Waals surface area contributed by atoms with Gasteiger partial charge in [0.1, 0.15) is 0 Å². The van der Waals surface area contributed by atoms with Crippen LogP contribution >= 0.6 is 0 Å². The highest BCUT2D eigenvalue weighted by Gasteiger charge is 2.11. The predicted octanol–water partition coefficient (Wildman–Crippen LogP) is 2.33. The summed E-state index contributed by atoms with van der Waals surface area (Å²) < 4.78 is 0. The molecule has 0 aliphatic carbocycles. The lowest BCUT2D eigenvalue weighted by Crippen LogP contribution is -1.88. The Morgan fingerprint density at radius 3 is 2.77 bits per heavy atom. The molecule has 1 rings (SSSR count). The van der Waals surface area contributed by atoms with E-state index < -0.39 is 4.92 Å². The molecule has 0 atom stereocenters. The molecule has 0 bridgehead atoms. The molecular formula is C9H9NO3. The summed E-state index contributed by atoms with van der Waals surface area (Å²) in [5, 5.41) is 19.5. The van der Waals surface area contributed by atoms with Crippen molar-refractivity contribution in [2.75, 3.05) is 0 Å². The van der Waals surface area contributed by atoms with E-state index in [9.17, 15) is 10.1 Å². The smallest absolute Gasteiger partial charge is 0.311 e. The van der Waals surface area contributed by atoms with Crippen molar-refractivity contribution in [2.24, 2.45) is 0 Å². The van der Waals surface area contributed by atoms with Crippen LogP contribution in [0.3, 0.4) is 0 Å². The molecule has 0 amide bonds. The zero-order chi connectivity index (χ0) is 9.84. The molecule has 0 saturated carbocycles. The summed E-state index contributed by atoms with van der Waals surface area (Å²) in [6.07, 6.45) is 3.50. The molecule has 0 aromatic heterocycles. The first-order chi connectivity index (χ1) is 6.15. The van der Waals surface area contributed by atoms with Crippen LogP contribution < -0.4 is 0 Å². The van der Waals surface area contributed by atoms with E-state index in [-0.39, 0.29) is 11.4 Å². The normalized spacial score (nSPS) is 10.5. The maximum atomic E-state index is 10.4. The Morgan fingerprint density at radius 1 is 1.54 bits per heavy atom. The molecule has 13 heavy (non-hydrogen) atoms. The zero-order valence-electron chi connectivity index (χ0n) is 7.10. The molecule has 0 spiro atoms. The quantitative estimate of drug-likeness (QED) is 0.559. The number of nitrogens with zero attached hydrogens (tertiary/aromatic N) is 1. The summed E-state index contributed by atoms with van der Waals surface area (Å²) in [7, 11) is 0. The van der Waals surface area contributed by atoms with Crippen LogP contribution in [-0.2, 0) is 0 Å². The number of hydrogen-bond donors (Lipinski definition) is 1. The number of rotatable bonds is 2. The number of phenolic OH excluding ortho intramolecular Hbond substituents is 1. The average Bonchev–Trinajstić information content (AvgIpc) is 2.08. The third-order valence-electron chi connectivity index (χ3n) is 1.56. The minimum absolute atomic E-state index is 0.268. The number of hydrogen-bond acceptors (Lipinski definition) is 3. The Kier molecular flexibility index (Phi) is 2.64. The van der Waals surface area contributed by atoms with Gasteiger partial charge >= 0.3 is 5.69 Å². The van der Waals surface area contributed by atoms with Crippen molar-refractivity contribution >= 4 is 11.8 Å². The standard InChI is InChI=1S/C9H9NO3/c1-2-3-7-4-5-9(11)8(6-7)10(12)13/h2-6,11H,1H3/b3-2+. The first kappa shape index (κ1) is 9.25. The SMILES string of the molecule is C/C=C/c1ccc(O)c([N+](=O)[O-])c1. The van der Waals surface area contributed by atoms with Crippen LogP contribution in [0, 0.1) is 10.1 Å². The number of benzene rings is 1. The third kappa shape index (κ3) is 2.05. The summed E-state index contributed by atoms with van der Waals surface area (Å²) in [5.74, 6) is -0.307. The highest BCUT2D eigenvalue weighted by Crippen LogP contribution is 2.26. The monoisotopic (exact) mass is 179 g/mol. The molecule has 1 aromatic carbocycles. The second kappa shape index (κ2) is 3.71. The van der Waals surface area contributed by atoms with Crippen molar-refractivity contribution in [1.29, 1.82) is 0 Å². The van der Waals surface area contributed by atoms with E-state index in [0.29, 0.717) is 5.56 Å². The Balaban J connectivity index is 3.18. The maximum Gasteiger partial charge on any atom is 0.311 e.